The van der Waals surface area contributed by atoms with Crippen LogP contribution in [0.4, 0.5) is 10.1 Å². The van der Waals surface area contributed by atoms with Crippen LogP contribution in [-0.4, -0.2) is 26.0 Å². The lowest BCUT2D eigenvalue weighted by molar-refractivity contribution is -0.115. The highest BCUT2D eigenvalue weighted by Crippen LogP contribution is 2.25. The SMILES string of the molecule is CC(Sc1nnc(-c2ccco2)n1N)C(=O)Nc1cccc(F)c1. The molecule has 2 heterocycles. The van der Waals surface area contributed by atoms with Crippen molar-refractivity contribution in [3.05, 3.63) is 48.5 Å². The van der Waals surface area contributed by atoms with Gasteiger partial charge >= 0.3 is 0 Å². The number of halogens is 1. The summed E-state index contributed by atoms with van der Waals surface area (Å²) in [6.07, 6.45) is 1.51. The Bertz CT molecular complexity index is 849. The summed E-state index contributed by atoms with van der Waals surface area (Å²) in [7, 11) is 0. The van der Waals surface area contributed by atoms with Crippen LogP contribution in [0.2, 0.25) is 0 Å². The monoisotopic (exact) mass is 347 g/mol. The van der Waals surface area contributed by atoms with Gasteiger partial charge in [0.05, 0.1) is 11.5 Å². The predicted molar refractivity (Wildman–Crippen MR) is 88.2 cm³/mol. The number of hydrogen-bond donors (Lipinski definition) is 2. The summed E-state index contributed by atoms with van der Waals surface area (Å²) in [6, 6.07) is 9.11. The molecule has 2 aromatic heterocycles. The predicted octanol–water partition coefficient (Wildman–Crippen LogP) is 2.51. The zero-order valence-electron chi connectivity index (χ0n) is 12.6. The van der Waals surface area contributed by atoms with E-state index in [4.69, 9.17) is 10.3 Å². The molecule has 3 aromatic rings. The summed E-state index contributed by atoms with van der Waals surface area (Å²) < 4.78 is 19.6. The van der Waals surface area contributed by atoms with Crippen LogP contribution in [0.3, 0.4) is 0 Å². The van der Waals surface area contributed by atoms with Gasteiger partial charge in [0.25, 0.3) is 0 Å². The van der Waals surface area contributed by atoms with Crippen molar-refractivity contribution in [3.8, 4) is 11.6 Å². The number of anilines is 1. The molecule has 0 aliphatic carbocycles. The van der Waals surface area contributed by atoms with E-state index in [2.05, 4.69) is 15.5 Å². The van der Waals surface area contributed by atoms with E-state index in [0.717, 1.165) is 11.8 Å². The summed E-state index contributed by atoms with van der Waals surface area (Å²) >= 11 is 1.14. The molecule has 9 heteroatoms. The van der Waals surface area contributed by atoms with Gasteiger partial charge in [0.2, 0.25) is 16.9 Å². The van der Waals surface area contributed by atoms with Crippen LogP contribution in [-0.2, 0) is 4.79 Å². The van der Waals surface area contributed by atoms with Gasteiger partial charge < -0.3 is 15.6 Å². The second-order valence-corrected chi connectivity index (χ2v) is 6.22. The Balaban J connectivity index is 1.68. The van der Waals surface area contributed by atoms with Gasteiger partial charge in [0.15, 0.2) is 5.76 Å². The number of carbonyl (C=O) groups excluding carboxylic acids is 1. The number of nitrogen functional groups attached to an aromatic ring is 1. The number of furan rings is 1. The average Bonchev–Trinajstić information content (AvgIpc) is 3.18. The minimum absolute atomic E-state index is 0.298. The number of nitrogens with one attached hydrogen (secondary N) is 1. The van der Waals surface area contributed by atoms with E-state index >= 15 is 0 Å². The van der Waals surface area contributed by atoms with Gasteiger partial charge in [0.1, 0.15) is 5.82 Å². The Kier molecular flexibility index (Phi) is 4.52. The number of nitrogens with two attached hydrogens (primary N) is 1. The minimum Gasteiger partial charge on any atom is -0.461 e. The minimum atomic E-state index is -0.510. The first-order chi connectivity index (χ1) is 11.5. The summed E-state index contributed by atoms with van der Waals surface area (Å²) in [6.45, 7) is 1.69. The Morgan fingerprint density at radius 1 is 1.38 bits per heavy atom. The Labute approximate surface area is 141 Å². The Hall–Kier alpha value is -2.81. The summed E-state index contributed by atoms with van der Waals surface area (Å²) in [4.78, 5) is 12.2. The van der Waals surface area contributed by atoms with Gasteiger partial charge in [-0.25, -0.2) is 9.07 Å². The molecule has 0 aliphatic heterocycles. The van der Waals surface area contributed by atoms with Crippen molar-refractivity contribution in [1.29, 1.82) is 0 Å². The van der Waals surface area contributed by atoms with E-state index in [1.54, 1.807) is 25.1 Å². The fourth-order valence-electron chi connectivity index (χ4n) is 1.95. The quantitative estimate of drug-likeness (QED) is 0.543. The van der Waals surface area contributed by atoms with Crippen LogP contribution in [0.15, 0.2) is 52.2 Å². The molecule has 0 saturated heterocycles. The van der Waals surface area contributed by atoms with Crippen LogP contribution in [0.25, 0.3) is 11.6 Å². The molecule has 0 spiro atoms. The zero-order chi connectivity index (χ0) is 17.1. The molecule has 3 N–H and O–H groups in total. The van der Waals surface area contributed by atoms with Gasteiger partial charge in [-0.05, 0) is 37.3 Å². The fourth-order valence-corrected chi connectivity index (χ4v) is 2.72. The highest BCUT2D eigenvalue weighted by Gasteiger charge is 2.21. The van der Waals surface area contributed by atoms with Gasteiger partial charge in [0, 0.05) is 5.69 Å². The lowest BCUT2D eigenvalue weighted by atomic mass is 10.3. The molecule has 3 rings (SSSR count). The third-order valence-corrected chi connectivity index (χ3v) is 4.21. The largest absolute Gasteiger partial charge is 0.461 e. The second-order valence-electron chi connectivity index (χ2n) is 4.91. The van der Waals surface area contributed by atoms with Crippen LogP contribution < -0.4 is 11.2 Å². The van der Waals surface area contributed by atoms with Crippen LogP contribution in [0.1, 0.15) is 6.92 Å². The Morgan fingerprint density at radius 3 is 2.92 bits per heavy atom. The average molecular weight is 347 g/mol. The van der Waals surface area contributed by atoms with Crippen molar-refractivity contribution in [2.45, 2.75) is 17.3 Å². The number of nitrogens with zero attached hydrogens (tertiary/aromatic N) is 3. The lowest BCUT2D eigenvalue weighted by Gasteiger charge is -2.11. The number of amides is 1. The Morgan fingerprint density at radius 2 is 2.21 bits per heavy atom. The van der Waals surface area contributed by atoms with Crippen molar-refractivity contribution in [3.63, 3.8) is 0 Å². The first kappa shape index (κ1) is 16.1. The van der Waals surface area contributed by atoms with Crippen LogP contribution in [0.5, 0.6) is 0 Å². The van der Waals surface area contributed by atoms with E-state index < -0.39 is 11.1 Å². The molecule has 1 unspecified atom stereocenters. The van der Waals surface area contributed by atoms with Gasteiger partial charge in [-0.15, -0.1) is 10.2 Å². The number of thioether (sulfide) groups is 1. The number of aromatic nitrogens is 3. The van der Waals surface area contributed by atoms with Crippen molar-refractivity contribution in [1.82, 2.24) is 14.9 Å². The van der Waals surface area contributed by atoms with Crippen molar-refractivity contribution < 1.29 is 13.6 Å². The molecule has 124 valence electrons. The maximum atomic E-state index is 13.2. The maximum absolute atomic E-state index is 13.2. The third-order valence-electron chi connectivity index (χ3n) is 3.15. The number of hydrogen-bond acceptors (Lipinski definition) is 6. The van der Waals surface area contributed by atoms with Gasteiger partial charge in [-0.2, -0.15) is 0 Å². The van der Waals surface area contributed by atoms with E-state index in [-0.39, 0.29) is 5.91 Å². The molecule has 24 heavy (non-hydrogen) atoms. The van der Waals surface area contributed by atoms with Crippen molar-refractivity contribution in [2.24, 2.45) is 0 Å². The van der Waals surface area contributed by atoms with E-state index in [0.29, 0.717) is 22.4 Å². The second kappa shape index (κ2) is 6.75. The van der Waals surface area contributed by atoms with Crippen LogP contribution in [0, 0.1) is 5.82 Å². The first-order valence-corrected chi connectivity index (χ1v) is 7.90. The molecule has 0 bridgehead atoms. The first-order valence-electron chi connectivity index (χ1n) is 7.02. The van der Waals surface area contributed by atoms with E-state index in [1.165, 1.54) is 29.1 Å². The normalized spacial score (nSPS) is 12.1. The highest BCUT2D eigenvalue weighted by atomic mass is 32.2. The smallest absolute Gasteiger partial charge is 0.237 e. The molecular weight excluding hydrogens is 333 g/mol. The number of benzene rings is 1. The van der Waals surface area contributed by atoms with E-state index in [9.17, 15) is 9.18 Å². The number of rotatable bonds is 5. The van der Waals surface area contributed by atoms with E-state index in [1.807, 2.05) is 0 Å². The molecular formula is C15H14FN5O2S. The standard InChI is InChI=1S/C15H14FN5O2S/c1-9(14(22)18-11-5-2-4-10(16)8-11)24-15-20-19-13(21(15)17)12-6-3-7-23-12/h2-9H,17H2,1H3,(H,18,22). The van der Waals surface area contributed by atoms with Crippen LogP contribution >= 0.6 is 11.8 Å². The molecule has 1 amide bonds. The third kappa shape index (κ3) is 3.40. The summed E-state index contributed by atoms with van der Waals surface area (Å²) in [5.41, 5.74) is 0.387. The number of carbonyl (C=O) groups is 1. The summed E-state index contributed by atoms with van der Waals surface area (Å²) in [5.74, 6) is 6.07. The molecule has 1 aromatic carbocycles. The fraction of sp³-hybridized carbons (Fsp3) is 0.133. The molecule has 0 radical (unpaired) electrons. The summed E-state index contributed by atoms with van der Waals surface area (Å²) in [5, 5.41) is 10.4. The van der Waals surface area contributed by atoms with Crippen molar-refractivity contribution >= 4 is 23.4 Å². The molecule has 0 saturated carbocycles. The molecule has 7 nitrogen and oxygen atoms in total. The zero-order valence-corrected chi connectivity index (χ0v) is 13.5. The highest BCUT2D eigenvalue weighted by molar-refractivity contribution is 8.00. The van der Waals surface area contributed by atoms with Crippen molar-refractivity contribution in [2.75, 3.05) is 11.2 Å². The maximum Gasteiger partial charge on any atom is 0.237 e. The topological polar surface area (TPSA) is 99.0 Å². The molecule has 0 aliphatic rings. The van der Waals surface area contributed by atoms with Gasteiger partial charge in [-0.3, -0.25) is 4.79 Å². The van der Waals surface area contributed by atoms with Gasteiger partial charge in [-0.1, -0.05) is 17.8 Å². The molecule has 1 atom stereocenters. The lowest BCUT2D eigenvalue weighted by Crippen LogP contribution is -2.23. The molecule has 0 fully saturated rings.